The summed E-state index contributed by atoms with van der Waals surface area (Å²) in [5.74, 6) is 0.638. The number of likely N-dealkylation sites (tertiary alicyclic amines) is 1. The third-order valence-electron chi connectivity index (χ3n) is 6.50. The third kappa shape index (κ3) is 4.76. The Bertz CT molecular complexity index is 1080. The van der Waals surface area contributed by atoms with Gasteiger partial charge in [0.15, 0.2) is 5.82 Å². The first-order valence-electron chi connectivity index (χ1n) is 11.4. The number of benzene rings is 1. The quantitative estimate of drug-likeness (QED) is 0.549. The molecular weight excluding hydrogens is 429 g/mol. The fourth-order valence-electron chi connectivity index (χ4n) is 4.78. The van der Waals surface area contributed by atoms with Crippen LogP contribution < -0.4 is 10.6 Å². The topological polar surface area (TPSA) is 78.9 Å². The van der Waals surface area contributed by atoms with Gasteiger partial charge in [-0.05, 0) is 69.8 Å². The molecule has 1 aliphatic carbocycles. The van der Waals surface area contributed by atoms with Crippen molar-refractivity contribution in [3.63, 3.8) is 0 Å². The van der Waals surface area contributed by atoms with Gasteiger partial charge in [-0.3, -0.25) is 0 Å². The van der Waals surface area contributed by atoms with Crippen molar-refractivity contribution in [2.45, 2.75) is 57.0 Å². The zero-order valence-electron chi connectivity index (χ0n) is 17.9. The maximum atomic E-state index is 13.5. The summed E-state index contributed by atoms with van der Waals surface area (Å²) in [6.07, 6.45) is 11.9. The molecule has 0 bridgehead atoms. The lowest BCUT2D eigenvalue weighted by Crippen LogP contribution is -2.43. The van der Waals surface area contributed by atoms with Crippen molar-refractivity contribution >= 4 is 40.1 Å². The van der Waals surface area contributed by atoms with Crippen LogP contribution in [0.25, 0.3) is 11.0 Å². The highest BCUT2D eigenvalue weighted by atomic mass is 35.5. The van der Waals surface area contributed by atoms with Gasteiger partial charge in [-0.25, -0.2) is 24.3 Å². The number of fused-ring (bicyclic) bond motifs is 1. The van der Waals surface area contributed by atoms with Crippen molar-refractivity contribution in [2.75, 3.05) is 23.7 Å². The van der Waals surface area contributed by atoms with Gasteiger partial charge in [0.1, 0.15) is 23.2 Å². The zero-order chi connectivity index (χ0) is 21.9. The van der Waals surface area contributed by atoms with Crippen molar-refractivity contribution in [2.24, 2.45) is 0 Å². The van der Waals surface area contributed by atoms with Crippen LogP contribution in [-0.4, -0.2) is 50.0 Å². The minimum atomic E-state index is -0.464. The molecule has 3 aromatic rings. The standard InChI is InChI=1S/C23H27ClFN7/c24-18-12-16(6-9-19(18)25)29-22-21-20(27-14-28-22)13-26-23(31-21)30-15-4-7-17(8-5-15)32-10-2-1-3-11-32/h6,9,12-15,17H,1-5,7-8,10-11H2,(H,26,30,31)(H,27,28,29). The molecule has 0 atom stereocenters. The minimum absolute atomic E-state index is 0.0468. The highest BCUT2D eigenvalue weighted by Gasteiger charge is 2.27. The predicted molar refractivity (Wildman–Crippen MR) is 125 cm³/mol. The summed E-state index contributed by atoms with van der Waals surface area (Å²) in [5.41, 5.74) is 1.86. The second-order valence-electron chi connectivity index (χ2n) is 8.65. The summed E-state index contributed by atoms with van der Waals surface area (Å²) in [6.45, 7) is 2.51. The maximum absolute atomic E-state index is 13.5. The Labute approximate surface area is 191 Å². The van der Waals surface area contributed by atoms with E-state index < -0.39 is 5.82 Å². The van der Waals surface area contributed by atoms with Crippen molar-refractivity contribution in [1.82, 2.24) is 24.8 Å². The molecule has 0 radical (unpaired) electrons. The largest absolute Gasteiger partial charge is 0.351 e. The van der Waals surface area contributed by atoms with Gasteiger partial charge in [-0.15, -0.1) is 0 Å². The molecule has 168 valence electrons. The molecule has 0 amide bonds. The van der Waals surface area contributed by atoms with E-state index in [9.17, 15) is 4.39 Å². The Hall–Kier alpha value is -2.58. The van der Waals surface area contributed by atoms with Gasteiger partial charge < -0.3 is 15.5 Å². The van der Waals surface area contributed by atoms with Crippen LogP contribution in [-0.2, 0) is 0 Å². The number of nitrogens with zero attached hydrogens (tertiary/aromatic N) is 5. The van der Waals surface area contributed by atoms with Crippen LogP contribution in [0, 0.1) is 5.82 Å². The third-order valence-corrected chi connectivity index (χ3v) is 6.79. The second-order valence-corrected chi connectivity index (χ2v) is 9.06. The van der Waals surface area contributed by atoms with Crippen LogP contribution in [0.2, 0.25) is 5.02 Å². The fraction of sp³-hybridized carbons (Fsp3) is 0.478. The van der Waals surface area contributed by atoms with Crippen LogP contribution in [0.5, 0.6) is 0 Å². The van der Waals surface area contributed by atoms with E-state index in [1.165, 1.54) is 63.7 Å². The number of rotatable bonds is 5. The number of anilines is 3. The van der Waals surface area contributed by atoms with E-state index in [-0.39, 0.29) is 5.02 Å². The molecule has 2 N–H and O–H groups in total. The monoisotopic (exact) mass is 455 g/mol. The summed E-state index contributed by atoms with van der Waals surface area (Å²) in [5, 5.41) is 6.72. The van der Waals surface area contributed by atoms with Gasteiger partial charge in [0.2, 0.25) is 5.95 Å². The Kier molecular flexibility index (Phi) is 6.32. The average molecular weight is 456 g/mol. The highest BCUT2D eigenvalue weighted by Crippen LogP contribution is 2.28. The van der Waals surface area contributed by atoms with Gasteiger partial charge in [-0.1, -0.05) is 18.0 Å². The van der Waals surface area contributed by atoms with E-state index in [1.807, 2.05) is 0 Å². The molecule has 0 unspecified atom stereocenters. The van der Waals surface area contributed by atoms with E-state index >= 15 is 0 Å². The van der Waals surface area contributed by atoms with Crippen LogP contribution in [0.4, 0.5) is 21.8 Å². The molecule has 1 saturated carbocycles. The second kappa shape index (κ2) is 9.50. The zero-order valence-corrected chi connectivity index (χ0v) is 18.7. The number of aromatic nitrogens is 4. The van der Waals surface area contributed by atoms with E-state index in [0.717, 1.165) is 18.9 Å². The van der Waals surface area contributed by atoms with Crippen LogP contribution in [0.3, 0.4) is 0 Å². The van der Waals surface area contributed by atoms with Crippen molar-refractivity contribution in [3.05, 3.63) is 41.6 Å². The average Bonchev–Trinajstić information content (AvgIpc) is 2.83. The molecule has 5 rings (SSSR count). The van der Waals surface area contributed by atoms with Crippen molar-refractivity contribution in [1.29, 1.82) is 0 Å². The van der Waals surface area contributed by atoms with Gasteiger partial charge in [0.25, 0.3) is 0 Å². The lowest BCUT2D eigenvalue weighted by atomic mass is 9.89. The molecule has 2 fully saturated rings. The Morgan fingerprint density at radius 3 is 2.59 bits per heavy atom. The van der Waals surface area contributed by atoms with Crippen molar-refractivity contribution < 1.29 is 4.39 Å². The molecule has 9 heteroatoms. The van der Waals surface area contributed by atoms with E-state index in [4.69, 9.17) is 11.6 Å². The molecule has 1 aliphatic heterocycles. The summed E-state index contributed by atoms with van der Waals surface area (Å²) in [4.78, 5) is 20.4. The van der Waals surface area contributed by atoms with E-state index in [0.29, 0.717) is 34.5 Å². The molecule has 3 heterocycles. The summed E-state index contributed by atoms with van der Waals surface area (Å²) in [7, 11) is 0. The number of nitrogens with one attached hydrogen (secondary N) is 2. The van der Waals surface area contributed by atoms with Gasteiger partial charge >= 0.3 is 0 Å². The fourth-order valence-corrected chi connectivity index (χ4v) is 4.96. The van der Waals surface area contributed by atoms with Gasteiger partial charge in [-0.2, -0.15) is 0 Å². The molecule has 32 heavy (non-hydrogen) atoms. The molecule has 1 aromatic carbocycles. The SMILES string of the molecule is Fc1ccc(Nc2ncnc3cnc(NC4CCC(N5CCCCC5)CC4)nc23)cc1Cl. The maximum Gasteiger partial charge on any atom is 0.223 e. The van der Waals surface area contributed by atoms with E-state index in [1.54, 1.807) is 12.3 Å². The van der Waals surface area contributed by atoms with E-state index in [2.05, 4.69) is 35.5 Å². The summed E-state index contributed by atoms with van der Waals surface area (Å²) in [6, 6.07) is 5.53. The Balaban J connectivity index is 1.28. The molecule has 7 nitrogen and oxygen atoms in total. The smallest absolute Gasteiger partial charge is 0.223 e. The Morgan fingerprint density at radius 1 is 1.00 bits per heavy atom. The lowest BCUT2D eigenvalue weighted by molar-refractivity contribution is 0.127. The predicted octanol–water partition coefficient (Wildman–Crippen LogP) is 5.16. The molecule has 1 saturated heterocycles. The van der Waals surface area contributed by atoms with Crippen LogP contribution >= 0.6 is 11.6 Å². The molecule has 2 aromatic heterocycles. The highest BCUT2D eigenvalue weighted by molar-refractivity contribution is 6.31. The van der Waals surface area contributed by atoms with Crippen LogP contribution in [0.1, 0.15) is 44.9 Å². The first-order valence-corrected chi connectivity index (χ1v) is 11.7. The number of halogens is 2. The van der Waals surface area contributed by atoms with Crippen LogP contribution in [0.15, 0.2) is 30.7 Å². The van der Waals surface area contributed by atoms with Crippen molar-refractivity contribution in [3.8, 4) is 0 Å². The molecular formula is C23H27ClFN7. The molecule has 0 spiro atoms. The summed E-state index contributed by atoms with van der Waals surface area (Å²) < 4.78 is 13.5. The number of piperidine rings is 1. The normalized spacial score (nSPS) is 22.1. The van der Waals surface area contributed by atoms with Gasteiger partial charge in [0, 0.05) is 17.8 Å². The minimum Gasteiger partial charge on any atom is -0.351 e. The molecule has 2 aliphatic rings. The lowest BCUT2D eigenvalue weighted by Gasteiger charge is -2.39. The van der Waals surface area contributed by atoms with Gasteiger partial charge in [0.05, 0.1) is 11.2 Å². The Morgan fingerprint density at radius 2 is 1.81 bits per heavy atom. The first kappa shape index (κ1) is 21.3. The number of hydrogen-bond acceptors (Lipinski definition) is 7. The first-order chi connectivity index (χ1) is 15.7. The number of hydrogen-bond donors (Lipinski definition) is 2. The summed E-state index contributed by atoms with van der Waals surface area (Å²) >= 11 is 5.91.